The molecule has 168 valence electrons. The summed E-state index contributed by atoms with van der Waals surface area (Å²) in [5, 5.41) is 8.63. The van der Waals surface area contributed by atoms with Gasteiger partial charge >= 0.3 is 6.03 Å². The molecule has 1 saturated heterocycles. The molecule has 0 spiro atoms. The Balaban J connectivity index is 1.43. The summed E-state index contributed by atoms with van der Waals surface area (Å²) in [6.07, 6.45) is 1.06. The number of fused-ring (bicyclic) bond motifs is 1. The number of nitrogens with zero attached hydrogens (tertiary/aromatic N) is 4. The molecule has 2 N–H and O–H groups in total. The smallest absolute Gasteiger partial charge is 0.319 e. The van der Waals surface area contributed by atoms with Crippen molar-refractivity contribution in [1.29, 1.82) is 0 Å². The molecule has 1 saturated carbocycles. The Labute approximate surface area is 178 Å². The molecule has 3 aromatic rings. The van der Waals surface area contributed by atoms with Crippen molar-refractivity contribution in [3.05, 3.63) is 53.9 Å². The minimum atomic E-state index is -2.91. The number of rotatable bonds is 4. The highest BCUT2D eigenvalue weighted by atomic mass is 19.3. The number of urea groups is 1. The van der Waals surface area contributed by atoms with Gasteiger partial charge in [0.1, 0.15) is 35.4 Å². The highest BCUT2D eigenvalue weighted by Gasteiger charge is 2.58. The molecule has 12 heteroatoms. The van der Waals surface area contributed by atoms with Gasteiger partial charge in [-0.25, -0.2) is 36.2 Å². The fraction of sp³-hybridized carbons (Fsp3) is 0.350. The number of carbonyl (C=O) groups excluding carboxylic acids is 1. The Kier molecular flexibility index (Phi) is 4.68. The summed E-state index contributed by atoms with van der Waals surface area (Å²) in [6.45, 7) is -0.0854. The maximum Gasteiger partial charge on any atom is 0.319 e. The summed E-state index contributed by atoms with van der Waals surface area (Å²) in [4.78, 5) is 18.0. The zero-order valence-corrected chi connectivity index (χ0v) is 16.4. The van der Waals surface area contributed by atoms with Crippen LogP contribution in [0.2, 0.25) is 0 Å². The molecule has 1 unspecified atom stereocenters. The fourth-order valence-electron chi connectivity index (χ4n) is 3.90. The number of anilines is 2. The summed E-state index contributed by atoms with van der Waals surface area (Å²) in [5.41, 5.74) is 0.349. The largest absolute Gasteiger partial charge is 0.346 e. The third-order valence-corrected chi connectivity index (χ3v) is 5.60. The van der Waals surface area contributed by atoms with Crippen LogP contribution in [-0.2, 0) is 0 Å². The minimum absolute atomic E-state index is 0.0171. The van der Waals surface area contributed by atoms with Crippen molar-refractivity contribution in [2.45, 2.75) is 37.0 Å². The minimum Gasteiger partial charge on any atom is -0.346 e. The van der Waals surface area contributed by atoms with Crippen molar-refractivity contribution >= 4 is 23.2 Å². The van der Waals surface area contributed by atoms with Gasteiger partial charge in [0.25, 0.3) is 5.92 Å². The van der Waals surface area contributed by atoms with Gasteiger partial charge in [0.2, 0.25) is 0 Å². The summed E-state index contributed by atoms with van der Waals surface area (Å²) in [7, 11) is 0. The SMILES string of the molecule is O=C(Nc1cnn2ccc(N3C[C@H](F)C[C@@H]3c3cc(F)ccc3F)nc12)NC1CC1(F)F. The second kappa shape index (κ2) is 7.31. The topological polar surface area (TPSA) is 74.6 Å². The summed E-state index contributed by atoms with van der Waals surface area (Å²) >= 11 is 0. The third kappa shape index (κ3) is 3.69. The number of benzene rings is 1. The van der Waals surface area contributed by atoms with Gasteiger partial charge in [-0.05, 0) is 24.3 Å². The number of hydrogen-bond donors (Lipinski definition) is 2. The normalized spacial score (nSPS) is 24.0. The molecule has 32 heavy (non-hydrogen) atoms. The zero-order chi connectivity index (χ0) is 22.6. The van der Waals surface area contributed by atoms with Crippen molar-refractivity contribution in [1.82, 2.24) is 19.9 Å². The number of aromatic nitrogens is 3. The molecule has 1 aromatic carbocycles. The Morgan fingerprint density at radius 3 is 2.75 bits per heavy atom. The van der Waals surface area contributed by atoms with Crippen LogP contribution in [0, 0.1) is 11.6 Å². The molecule has 2 amide bonds. The van der Waals surface area contributed by atoms with Gasteiger partial charge in [0, 0.05) is 24.6 Å². The molecular weight excluding hydrogens is 435 g/mol. The Bertz CT molecular complexity index is 1200. The van der Waals surface area contributed by atoms with Gasteiger partial charge in [-0.15, -0.1) is 0 Å². The molecule has 0 radical (unpaired) electrons. The number of carbonyl (C=O) groups is 1. The summed E-state index contributed by atoms with van der Waals surface area (Å²) in [6, 6.07) is 1.72. The molecule has 1 aliphatic heterocycles. The van der Waals surface area contributed by atoms with Crippen LogP contribution in [0.25, 0.3) is 5.65 Å². The lowest BCUT2D eigenvalue weighted by Gasteiger charge is -2.26. The molecule has 3 atom stereocenters. The van der Waals surface area contributed by atoms with E-state index in [0.717, 1.165) is 18.2 Å². The standard InChI is InChI=1S/C20H17F5N6O/c21-10-1-2-13(23)12(5-10)15-6-11(22)9-30(15)17-3-4-31-18(29-17)14(8-26-31)27-19(32)28-16-7-20(16,24)25/h1-5,8,11,15-16H,6-7,9H2,(H2,27,28,32)/t11-,15-,16?/m1/s1. The summed E-state index contributed by atoms with van der Waals surface area (Å²) < 4.78 is 69.7. The van der Waals surface area contributed by atoms with Gasteiger partial charge in [0.05, 0.1) is 18.8 Å². The third-order valence-electron chi connectivity index (χ3n) is 5.60. The quantitative estimate of drug-likeness (QED) is 0.591. The first-order chi connectivity index (χ1) is 15.2. The van der Waals surface area contributed by atoms with E-state index in [-0.39, 0.29) is 35.7 Å². The first-order valence-corrected chi connectivity index (χ1v) is 9.86. The fourth-order valence-corrected chi connectivity index (χ4v) is 3.90. The van der Waals surface area contributed by atoms with Crippen LogP contribution in [-0.4, -0.2) is 45.3 Å². The second-order valence-corrected chi connectivity index (χ2v) is 7.90. The molecule has 5 rings (SSSR count). The van der Waals surface area contributed by atoms with Crippen LogP contribution in [0.5, 0.6) is 0 Å². The average molecular weight is 452 g/mol. The Morgan fingerprint density at radius 2 is 2.00 bits per heavy atom. The number of nitrogens with one attached hydrogen (secondary N) is 2. The van der Waals surface area contributed by atoms with Crippen LogP contribution in [0.15, 0.2) is 36.7 Å². The van der Waals surface area contributed by atoms with E-state index in [1.165, 1.54) is 27.9 Å². The van der Waals surface area contributed by atoms with Crippen molar-refractivity contribution < 1.29 is 26.7 Å². The summed E-state index contributed by atoms with van der Waals surface area (Å²) in [5.74, 6) is -3.94. The monoisotopic (exact) mass is 452 g/mol. The van der Waals surface area contributed by atoms with Crippen LogP contribution in [0.4, 0.5) is 38.3 Å². The number of alkyl halides is 3. The first kappa shape index (κ1) is 20.5. The molecule has 1 aliphatic carbocycles. The van der Waals surface area contributed by atoms with E-state index in [9.17, 15) is 26.7 Å². The van der Waals surface area contributed by atoms with Gasteiger partial charge in [-0.2, -0.15) is 5.10 Å². The predicted molar refractivity (Wildman–Crippen MR) is 104 cm³/mol. The molecule has 2 aliphatic rings. The molecule has 2 fully saturated rings. The molecule has 0 bridgehead atoms. The van der Waals surface area contributed by atoms with E-state index in [1.807, 2.05) is 0 Å². The van der Waals surface area contributed by atoms with Crippen molar-refractivity contribution in [2.24, 2.45) is 0 Å². The van der Waals surface area contributed by atoms with Crippen LogP contribution >= 0.6 is 0 Å². The number of halogens is 5. The molecule has 3 heterocycles. The van der Waals surface area contributed by atoms with Gasteiger partial charge < -0.3 is 15.5 Å². The predicted octanol–water partition coefficient (Wildman–Crippen LogP) is 3.83. The molecule has 2 aromatic heterocycles. The maximum absolute atomic E-state index is 14.4. The molecular formula is C20H17F5N6O. The lowest BCUT2D eigenvalue weighted by atomic mass is 10.0. The van der Waals surface area contributed by atoms with E-state index in [1.54, 1.807) is 0 Å². The van der Waals surface area contributed by atoms with Gasteiger partial charge in [0.15, 0.2) is 5.65 Å². The number of hydrogen-bond acceptors (Lipinski definition) is 4. The maximum atomic E-state index is 14.4. The van der Waals surface area contributed by atoms with Crippen LogP contribution in [0.1, 0.15) is 24.4 Å². The van der Waals surface area contributed by atoms with E-state index < -0.39 is 48.3 Å². The number of amides is 2. The highest BCUT2D eigenvalue weighted by molar-refractivity contribution is 5.93. The van der Waals surface area contributed by atoms with E-state index in [0.29, 0.717) is 0 Å². The molecule has 7 nitrogen and oxygen atoms in total. The second-order valence-electron chi connectivity index (χ2n) is 7.90. The van der Waals surface area contributed by atoms with Gasteiger partial charge in [-0.1, -0.05) is 0 Å². The van der Waals surface area contributed by atoms with E-state index >= 15 is 0 Å². The van der Waals surface area contributed by atoms with E-state index in [2.05, 4.69) is 20.7 Å². The van der Waals surface area contributed by atoms with Crippen molar-refractivity contribution in [3.8, 4) is 0 Å². The Morgan fingerprint density at radius 1 is 1.22 bits per heavy atom. The van der Waals surface area contributed by atoms with Crippen LogP contribution < -0.4 is 15.5 Å². The van der Waals surface area contributed by atoms with Crippen molar-refractivity contribution in [2.75, 3.05) is 16.8 Å². The van der Waals surface area contributed by atoms with Crippen LogP contribution in [0.3, 0.4) is 0 Å². The zero-order valence-electron chi connectivity index (χ0n) is 16.4. The lowest BCUT2D eigenvalue weighted by Crippen LogP contribution is -2.33. The average Bonchev–Trinajstić information content (AvgIpc) is 3.06. The van der Waals surface area contributed by atoms with Gasteiger partial charge in [-0.3, -0.25) is 0 Å². The van der Waals surface area contributed by atoms with E-state index in [4.69, 9.17) is 0 Å². The highest BCUT2D eigenvalue weighted by Crippen LogP contribution is 2.41. The van der Waals surface area contributed by atoms with Crippen molar-refractivity contribution in [3.63, 3.8) is 0 Å². The first-order valence-electron chi connectivity index (χ1n) is 9.86. The lowest BCUT2D eigenvalue weighted by molar-refractivity contribution is 0.108. The Hall–Kier alpha value is -3.44.